The second kappa shape index (κ2) is 8.14. The van der Waals surface area contributed by atoms with Gasteiger partial charge < -0.3 is 0 Å². The zero-order valence-electron chi connectivity index (χ0n) is 13.4. The first-order valence-corrected chi connectivity index (χ1v) is 8.54. The topological polar surface area (TPSA) is 3.24 Å². The Hall–Kier alpha value is -1.60. The average Bonchev–Trinajstić information content (AvgIpc) is 2.57. The van der Waals surface area contributed by atoms with Crippen molar-refractivity contribution in [3.8, 4) is 0 Å². The number of hydrogen-bond donors (Lipinski definition) is 0. The summed E-state index contributed by atoms with van der Waals surface area (Å²) in [6.07, 6.45) is 6.86. The van der Waals surface area contributed by atoms with Crippen LogP contribution in [0.3, 0.4) is 0 Å². The Morgan fingerprint density at radius 3 is 1.59 bits per heavy atom. The quantitative estimate of drug-likeness (QED) is 0.705. The van der Waals surface area contributed by atoms with Crippen LogP contribution < -0.4 is 0 Å². The Kier molecular flexibility index (Phi) is 5.66. The van der Waals surface area contributed by atoms with Gasteiger partial charge in [0.1, 0.15) is 0 Å². The molecule has 0 unspecified atom stereocenters. The van der Waals surface area contributed by atoms with Crippen LogP contribution in [-0.2, 0) is 13.1 Å². The zero-order chi connectivity index (χ0) is 15.0. The third-order valence-corrected chi connectivity index (χ3v) is 4.51. The average molecular weight is 292 g/mol. The van der Waals surface area contributed by atoms with Gasteiger partial charge in [-0.1, -0.05) is 79.9 Å². The molecular weight excluding hydrogens is 266 g/mol. The summed E-state index contributed by atoms with van der Waals surface area (Å²) in [5.74, 6) is 1.75. The molecule has 22 heavy (non-hydrogen) atoms. The van der Waals surface area contributed by atoms with E-state index in [1.165, 1.54) is 43.2 Å². The number of nitrogens with zero attached hydrogens (tertiary/aromatic N) is 1. The van der Waals surface area contributed by atoms with Crippen molar-refractivity contribution < 1.29 is 0 Å². The van der Waals surface area contributed by atoms with Gasteiger partial charge in [-0.3, -0.25) is 4.90 Å². The van der Waals surface area contributed by atoms with E-state index in [1.54, 1.807) is 5.92 Å². The van der Waals surface area contributed by atoms with E-state index in [0.717, 1.165) is 19.6 Å². The maximum Gasteiger partial charge on any atom is 0.0237 e. The molecule has 2 aromatic rings. The lowest BCUT2D eigenvalue weighted by molar-refractivity contribution is 0.251. The van der Waals surface area contributed by atoms with Crippen LogP contribution in [0.2, 0.25) is 0 Å². The summed E-state index contributed by atoms with van der Waals surface area (Å²) >= 11 is 0. The fourth-order valence-electron chi connectivity index (χ4n) is 3.38. The van der Waals surface area contributed by atoms with Gasteiger partial charge in [0.2, 0.25) is 0 Å². The lowest BCUT2D eigenvalue weighted by atomic mass is 9.89. The van der Waals surface area contributed by atoms with Gasteiger partial charge in [-0.05, 0) is 29.9 Å². The van der Waals surface area contributed by atoms with E-state index in [4.69, 9.17) is 0 Å². The fraction of sp³-hybridized carbons (Fsp3) is 0.381. The van der Waals surface area contributed by atoms with Crippen molar-refractivity contribution in [3.63, 3.8) is 0 Å². The summed E-state index contributed by atoms with van der Waals surface area (Å²) < 4.78 is 0. The minimum atomic E-state index is 1.04. The minimum Gasteiger partial charge on any atom is -0.294 e. The van der Waals surface area contributed by atoms with Crippen LogP contribution in [0.5, 0.6) is 0 Å². The highest BCUT2D eigenvalue weighted by atomic mass is 15.1. The Morgan fingerprint density at radius 1 is 0.591 bits per heavy atom. The number of rotatable bonds is 6. The van der Waals surface area contributed by atoms with Crippen molar-refractivity contribution >= 4 is 0 Å². The van der Waals surface area contributed by atoms with Gasteiger partial charge in [-0.15, -0.1) is 0 Å². The number of hydrogen-bond acceptors (Lipinski definition) is 1. The molecule has 3 rings (SSSR count). The molecule has 0 atom stereocenters. The molecule has 0 heterocycles. The molecule has 0 aliphatic heterocycles. The van der Waals surface area contributed by atoms with E-state index >= 15 is 0 Å². The normalized spacial score (nSPS) is 16.0. The maximum atomic E-state index is 2.60. The summed E-state index contributed by atoms with van der Waals surface area (Å²) in [5.41, 5.74) is 2.82. The molecule has 0 amide bonds. The standard InChI is InChI=1S/C21H26N/c1-4-10-19(11-5-1)16-22(17-20-12-6-2-7-13-20)18-21-14-8-3-9-15-21/h1-2,4-7,10-13H,3,8-9,14-18H2. The van der Waals surface area contributed by atoms with Crippen molar-refractivity contribution in [3.05, 3.63) is 77.7 Å². The van der Waals surface area contributed by atoms with Crippen molar-refractivity contribution in [2.24, 2.45) is 0 Å². The van der Waals surface area contributed by atoms with E-state index in [9.17, 15) is 0 Å². The molecule has 0 aromatic heterocycles. The fourth-order valence-corrected chi connectivity index (χ4v) is 3.38. The largest absolute Gasteiger partial charge is 0.294 e. The first-order chi connectivity index (χ1) is 10.9. The molecule has 1 nitrogen and oxygen atoms in total. The van der Waals surface area contributed by atoms with Gasteiger partial charge in [0.05, 0.1) is 0 Å². The van der Waals surface area contributed by atoms with Gasteiger partial charge in [0, 0.05) is 19.6 Å². The highest BCUT2D eigenvalue weighted by molar-refractivity contribution is 5.17. The Morgan fingerprint density at radius 2 is 1.09 bits per heavy atom. The Balaban J connectivity index is 1.66. The van der Waals surface area contributed by atoms with E-state index in [0.29, 0.717) is 0 Å². The van der Waals surface area contributed by atoms with Crippen LogP contribution in [-0.4, -0.2) is 11.4 Å². The molecule has 0 spiro atoms. The van der Waals surface area contributed by atoms with Gasteiger partial charge in [-0.25, -0.2) is 0 Å². The van der Waals surface area contributed by atoms with Crippen LogP contribution in [0.4, 0.5) is 0 Å². The molecule has 1 heteroatoms. The predicted molar refractivity (Wildman–Crippen MR) is 93.3 cm³/mol. The van der Waals surface area contributed by atoms with Gasteiger partial charge in [0.15, 0.2) is 0 Å². The van der Waals surface area contributed by atoms with E-state index in [1.807, 2.05) is 0 Å². The van der Waals surface area contributed by atoms with E-state index in [-0.39, 0.29) is 0 Å². The monoisotopic (exact) mass is 292 g/mol. The van der Waals surface area contributed by atoms with Gasteiger partial charge in [0.25, 0.3) is 0 Å². The highest BCUT2D eigenvalue weighted by Gasteiger charge is 2.18. The third-order valence-electron chi connectivity index (χ3n) is 4.51. The van der Waals surface area contributed by atoms with Crippen molar-refractivity contribution in [2.75, 3.05) is 6.54 Å². The van der Waals surface area contributed by atoms with Gasteiger partial charge >= 0.3 is 0 Å². The molecule has 115 valence electrons. The Labute approximate surface area is 135 Å². The zero-order valence-corrected chi connectivity index (χ0v) is 13.4. The molecule has 1 aliphatic rings. The predicted octanol–water partition coefficient (Wildman–Crippen LogP) is 5.23. The third kappa shape index (κ3) is 4.71. The molecule has 2 aromatic carbocycles. The van der Waals surface area contributed by atoms with Crippen molar-refractivity contribution in [1.82, 2.24) is 4.90 Å². The van der Waals surface area contributed by atoms with E-state index < -0.39 is 0 Å². The Bertz CT molecular complexity index is 487. The molecule has 1 aliphatic carbocycles. The molecular formula is C21H26N. The van der Waals surface area contributed by atoms with E-state index in [2.05, 4.69) is 65.6 Å². The van der Waals surface area contributed by atoms with Crippen LogP contribution in [0.25, 0.3) is 0 Å². The first kappa shape index (κ1) is 15.3. The summed E-state index contributed by atoms with van der Waals surface area (Å²) in [4.78, 5) is 2.60. The van der Waals surface area contributed by atoms with Crippen LogP contribution in [0.15, 0.2) is 60.7 Å². The second-order valence-electron chi connectivity index (χ2n) is 6.43. The molecule has 1 saturated carbocycles. The summed E-state index contributed by atoms with van der Waals surface area (Å²) in [6.45, 7) is 3.24. The SMILES string of the molecule is c1ccc(CN(C[C]2CCCCC2)Cc2ccccc2)cc1. The van der Waals surface area contributed by atoms with Crippen molar-refractivity contribution in [1.29, 1.82) is 0 Å². The summed E-state index contributed by atoms with van der Waals surface area (Å²) in [5, 5.41) is 0. The smallest absolute Gasteiger partial charge is 0.0237 e. The van der Waals surface area contributed by atoms with Crippen LogP contribution >= 0.6 is 0 Å². The lowest BCUT2D eigenvalue weighted by Gasteiger charge is -2.29. The first-order valence-electron chi connectivity index (χ1n) is 8.54. The molecule has 0 N–H and O–H groups in total. The highest BCUT2D eigenvalue weighted by Crippen LogP contribution is 2.27. The lowest BCUT2D eigenvalue weighted by Crippen LogP contribution is -2.29. The molecule has 1 radical (unpaired) electrons. The molecule has 1 fully saturated rings. The minimum absolute atomic E-state index is 1.04. The summed E-state index contributed by atoms with van der Waals surface area (Å²) in [6, 6.07) is 21.7. The van der Waals surface area contributed by atoms with Crippen LogP contribution in [0, 0.1) is 5.92 Å². The van der Waals surface area contributed by atoms with Crippen LogP contribution in [0.1, 0.15) is 43.2 Å². The summed E-state index contributed by atoms with van der Waals surface area (Å²) in [7, 11) is 0. The molecule has 0 saturated heterocycles. The maximum absolute atomic E-state index is 2.60. The second-order valence-corrected chi connectivity index (χ2v) is 6.43. The molecule has 0 bridgehead atoms. The number of benzene rings is 2. The van der Waals surface area contributed by atoms with Gasteiger partial charge in [-0.2, -0.15) is 0 Å². The van der Waals surface area contributed by atoms with Crippen molar-refractivity contribution in [2.45, 2.75) is 45.2 Å².